The lowest BCUT2D eigenvalue weighted by Gasteiger charge is -2.29. The molecule has 0 atom stereocenters. The van der Waals surface area contributed by atoms with Gasteiger partial charge in [-0.05, 0) is 18.2 Å². The van der Waals surface area contributed by atoms with E-state index in [1.807, 2.05) is 47.0 Å². The van der Waals surface area contributed by atoms with Crippen molar-refractivity contribution < 1.29 is 14.3 Å². The SMILES string of the molecule is COC(=O)c1ncn(-c2cccc(N3CCOCC3)c2)c1-c1ccccc1. The number of rotatable bonds is 4. The first-order valence-electron chi connectivity index (χ1n) is 8.92. The number of nitrogens with zero attached hydrogens (tertiary/aromatic N) is 3. The van der Waals surface area contributed by atoms with Gasteiger partial charge in [0, 0.05) is 30.0 Å². The first-order chi connectivity index (χ1) is 13.3. The molecule has 1 aliphatic heterocycles. The molecule has 27 heavy (non-hydrogen) atoms. The molecule has 0 amide bonds. The number of carbonyl (C=O) groups is 1. The van der Waals surface area contributed by atoms with Gasteiger partial charge >= 0.3 is 5.97 Å². The first-order valence-corrected chi connectivity index (χ1v) is 8.92. The quantitative estimate of drug-likeness (QED) is 0.667. The van der Waals surface area contributed by atoms with Crippen LogP contribution in [0, 0.1) is 0 Å². The molecule has 1 saturated heterocycles. The fourth-order valence-corrected chi connectivity index (χ4v) is 3.32. The average molecular weight is 363 g/mol. The summed E-state index contributed by atoms with van der Waals surface area (Å²) in [6, 6.07) is 18.0. The molecular formula is C21H21N3O3. The van der Waals surface area contributed by atoms with E-state index >= 15 is 0 Å². The molecule has 2 heterocycles. The van der Waals surface area contributed by atoms with Crippen molar-refractivity contribution in [1.29, 1.82) is 0 Å². The van der Waals surface area contributed by atoms with Gasteiger partial charge in [0.05, 0.1) is 26.0 Å². The van der Waals surface area contributed by atoms with Gasteiger partial charge in [0.15, 0.2) is 5.69 Å². The van der Waals surface area contributed by atoms with Crippen LogP contribution in [-0.4, -0.2) is 48.9 Å². The van der Waals surface area contributed by atoms with Crippen LogP contribution in [0.4, 0.5) is 5.69 Å². The van der Waals surface area contributed by atoms with Crippen molar-refractivity contribution in [3.05, 3.63) is 66.6 Å². The Morgan fingerprint density at radius 2 is 1.78 bits per heavy atom. The number of hydrogen-bond acceptors (Lipinski definition) is 5. The summed E-state index contributed by atoms with van der Waals surface area (Å²) in [5.74, 6) is -0.447. The molecule has 0 saturated carbocycles. The van der Waals surface area contributed by atoms with E-state index in [1.54, 1.807) is 6.33 Å². The van der Waals surface area contributed by atoms with Crippen molar-refractivity contribution in [3.63, 3.8) is 0 Å². The predicted molar refractivity (Wildman–Crippen MR) is 103 cm³/mol. The summed E-state index contributed by atoms with van der Waals surface area (Å²) in [5.41, 5.74) is 4.01. The van der Waals surface area contributed by atoms with E-state index in [4.69, 9.17) is 9.47 Å². The highest BCUT2D eigenvalue weighted by molar-refractivity contribution is 5.94. The average Bonchev–Trinajstić information content (AvgIpc) is 3.20. The largest absolute Gasteiger partial charge is 0.464 e. The monoisotopic (exact) mass is 363 g/mol. The van der Waals surface area contributed by atoms with E-state index in [0.717, 1.165) is 48.9 Å². The lowest BCUT2D eigenvalue weighted by molar-refractivity contribution is 0.0595. The maximum Gasteiger partial charge on any atom is 0.358 e. The summed E-state index contributed by atoms with van der Waals surface area (Å²) in [7, 11) is 1.37. The number of imidazole rings is 1. The molecule has 0 unspecified atom stereocenters. The van der Waals surface area contributed by atoms with E-state index in [1.165, 1.54) is 7.11 Å². The molecule has 6 nitrogen and oxygen atoms in total. The lowest BCUT2D eigenvalue weighted by atomic mass is 10.1. The van der Waals surface area contributed by atoms with Gasteiger partial charge in [0.25, 0.3) is 0 Å². The van der Waals surface area contributed by atoms with Crippen LogP contribution in [0.3, 0.4) is 0 Å². The van der Waals surface area contributed by atoms with E-state index in [9.17, 15) is 4.79 Å². The van der Waals surface area contributed by atoms with Gasteiger partial charge in [-0.25, -0.2) is 9.78 Å². The standard InChI is InChI=1S/C21H21N3O3/c1-26-21(25)19-20(16-6-3-2-4-7-16)24(15-22-19)18-9-5-8-17(14-18)23-10-12-27-13-11-23/h2-9,14-15H,10-13H2,1H3. The number of hydrogen-bond donors (Lipinski definition) is 0. The highest BCUT2D eigenvalue weighted by Gasteiger charge is 2.21. The van der Waals surface area contributed by atoms with Crippen molar-refractivity contribution in [2.45, 2.75) is 0 Å². The van der Waals surface area contributed by atoms with Crippen LogP contribution in [0.5, 0.6) is 0 Å². The summed E-state index contributed by atoms with van der Waals surface area (Å²) in [6.07, 6.45) is 1.67. The van der Waals surface area contributed by atoms with Crippen LogP contribution in [0.2, 0.25) is 0 Å². The number of benzene rings is 2. The van der Waals surface area contributed by atoms with Crippen LogP contribution in [0.25, 0.3) is 16.9 Å². The van der Waals surface area contributed by atoms with Gasteiger partial charge in [0.1, 0.15) is 6.33 Å². The Labute approximate surface area is 158 Å². The van der Waals surface area contributed by atoms with Gasteiger partial charge in [-0.3, -0.25) is 4.57 Å². The van der Waals surface area contributed by atoms with Gasteiger partial charge in [-0.15, -0.1) is 0 Å². The normalized spacial score (nSPS) is 14.2. The van der Waals surface area contributed by atoms with Crippen LogP contribution < -0.4 is 4.90 Å². The summed E-state index contributed by atoms with van der Waals surface area (Å²) in [5, 5.41) is 0. The smallest absolute Gasteiger partial charge is 0.358 e. The van der Waals surface area contributed by atoms with E-state index in [0.29, 0.717) is 5.69 Å². The Morgan fingerprint density at radius 3 is 2.52 bits per heavy atom. The molecular weight excluding hydrogens is 342 g/mol. The fourth-order valence-electron chi connectivity index (χ4n) is 3.32. The summed E-state index contributed by atoms with van der Waals surface area (Å²) in [6.45, 7) is 3.20. The van der Waals surface area contributed by atoms with Crippen LogP contribution in [0.15, 0.2) is 60.9 Å². The minimum absolute atomic E-state index is 0.306. The third-order valence-electron chi connectivity index (χ3n) is 4.68. The molecule has 0 aliphatic carbocycles. The highest BCUT2D eigenvalue weighted by atomic mass is 16.5. The Hall–Kier alpha value is -3.12. The summed E-state index contributed by atoms with van der Waals surface area (Å²) < 4.78 is 12.3. The Balaban J connectivity index is 1.80. The lowest BCUT2D eigenvalue weighted by Crippen LogP contribution is -2.36. The molecule has 3 aromatic rings. The number of esters is 1. The topological polar surface area (TPSA) is 56.6 Å². The van der Waals surface area contributed by atoms with Crippen LogP contribution in [-0.2, 0) is 9.47 Å². The molecule has 1 fully saturated rings. The van der Waals surface area contributed by atoms with Gasteiger partial charge < -0.3 is 14.4 Å². The number of ether oxygens (including phenoxy) is 2. The molecule has 6 heteroatoms. The number of methoxy groups -OCH3 is 1. The number of morpholine rings is 1. The maximum atomic E-state index is 12.2. The van der Waals surface area contributed by atoms with E-state index < -0.39 is 5.97 Å². The first kappa shape index (κ1) is 17.3. The zero-order chi connectivity index (χ0) is 18.6. The zero-order valence-electron chi connectivity index (χ0n) is 15.2. The Kier molecular flexibility index (Phi) is 4.89. The second-order valence-electron chi connectivity index (χ2n) is 6.29. The van der Waals surface area contributed by atoms with E-state index in [2.05, 4.69) is 22.0 Å². The molecule has 1 aliphatic rings. The minimum atomic E-state index is -0.447. The zero-order valence-corrected chi connectivity index (χ0v) is 15.2. The van der Waals surface area contributed by atoms with E-state index in [-0.39, 0.29) is 0 Å². The molecule has 0 N–H and O–H groups in total. The fraction of sp³-hybridized carbons (Fsp3) is 0.238. The Bertz CT molecular complexity index is 931. The molecule has 1 aromatic heterocycles. The Morgan fingerprint density at radius 1 is 1.04 bits per heavy atom. The molecule has 2 aromatic carbocycles. The highest BCUT2D eigenvalue weighted by Crippen LogP contribution is 2.29. The molecule has 0 bridgehead atoms. The van der Waals surface area contributed by atoms with Crippen molar-refractivity contribution in [2.24, 2.45) is 0 Å². The third-order valence-corrected chi connectivity index (χ3v) is 4.68. The summed E-state index contributed by atoms with van der Waals surface area (Å²) >= 11 is 0. The van der Waals surface area contributed by atoms with Gasteiger partial charge in [-0.2, -0.15) is 0 Å². The van der Waals surface area contributed by atoms with Crippen molar-refractivity contribution >= 4 is 11.7 Å². The molecule has 0 spiro atoms. The molecule has 4 rings (SSSR count). The van der Waals surface area contributed by atoms with Crippen LogP contribution in [0.1, 0.15) is 10.5 Å². The van der Waals surface area contributed by atoms with Crippen molar-refractivity contribution in [2.75, 3.05) is 38.3 Å². The molecule has 0 radical (unpaired) electrons. The molecule has 138 valence electrons. The third kappa shape index (κ3) is 3.44. The minimum Gasteiger partial charge on any atom is -0.464 e. The number of aromatic nitrogens is 2. The number of anilines is 1. The van der Waals surface area contributed by atoms with Gasteiger partial charge in [-0.1, -0.05) is 36.4 Å². The predicted octanol–water partition coefficient (Wildman–Crippen LogP) is 3.16. The van der Waals surface area contributed by atoms with Crippen LogP contribution >= 0.6 is 0 Å². The second-order valence-corrected chi connectivity index (χ2v) is 6.29. The summed E-state index contributed by atoms with van der Waals surface area (Å²) in [4.78, 5) is 18.9. The second kappa shape index (κ2) is 7.63. The maximum absolute atomic E-state index is 12.2. The number of carbonyl (C=O) groups excluding carboxylic acids is 1. The van der Waals surface area contributed by atoms with Gasteiger partial charge in [0.2, 0.25) is 0 Å². The van der Waals surface area contributed by atoms with Crippen molar-refractivity contribution in [3.8, 4) is 16.9 Å². The van der Waals surface area contributed by atoms with Crippen molar-refractivity contribution in [1.82, 2.24) is 9.55 Å².